The zero-order valence-electron chi connectivity index (χ0n) is 10.5. The normalized spacial score (nSPS) is 25.7. The summed E-state index contributed by atoms with van der Waals surface area (Å²) in [6.07, 6.45) is 2.68. The van der Waals surface area contributed by atoms with Crippen LogP contribution in [0.3, 0.4) is 0 Å². The highest BCUT2D eigenvalue weighted by Gasteiger charge is 2.38. The van der Waals surface area contributed by atoms with E-state index in [0.29, 0.717) is 11.3 Å². The molecule has 2 aliphatic heterocycles. The molecule has 5 nitrogen and oxygen atoms in total. The second-order valence-corrected chi connectivity index (χ2v) is 5.90. The van der Waals surface area contributed by atoms with Gasteiger partial charge in [-0.25, -0.2) is 15.0 Å². The SMILES string of the molecule is Cc1ncc2c(n1)N=C1SC(CCO)C(C)N1C2. The Morgan fingerprint density at radius 2 is 2.39 bits per heavy atom. The Kier molecular flexibility index (Phi) is 2.99. The van der Waals surface area contributed by atoms with Gasteiger partial charge in [-0.15, -0.1) is 0 Å². The van der Waals surface area contributed by atoms with E-state index in [1.165, 1.54) is 0 Å². The van der Waals surface area contributed by atoms with Crippen LogP contribution in [0.15, 0.2) is 11.2 Å². The lowest BCUT2D eigenvalue weighted by molar-refractivity contribution is 0.259. The largest absolute Gasteiger partial charge is 0.396 e. The third kappa shape index (κ3) is 1.89. The zero-order valence-corrected chi connectivity index (χ0v) is 11.3. The Hall–Kier alpha value is -1.14. The van der Waals surface area contributed by atoms with Crippen molar-refractivity contribution in [3.63, 3.8) is 0 Å². The topological polar surface area (TPSA) is 61.6 Å². The monoisotopic (exact) mass is 264 g/mol. The molecule has 0 aromatic carbocycles. The van der Waals surface area contributed by atoms with Gasteiger partial charge < -0.3 is 10.0 Å². The lowest BCUT2D eigenvalue weighted by atomic mass is 10.1. The van der Waals surface area contributed by atoms with E-state index in [-0.39, 0.29) is 6.61 Å². The lowest BCUT2D eigenvalue weighted by Crippen LogP contribution is -2.35. The smallest absolute Gasteiger partial charge is 0.167 e. The summed E-state index contributed by atoms with van der Waals surface area (Å²) < 4.78 is 0. The number of hydrogen-bond donors (Lipinski definition) is 1. The Labute approximate surface area is 110 Å². The molecule has 0 amide bonds. The number of aliphatic imine (C=N–C) groups is 1. The number of aliphatic hydroxyl groups excluding tert-OH is 1. The molecule has 2 atom stereocenters. The van der Waals surface area contributed by atoms with Crippen LogP contribution < -0.4 is 0 Å². The van der Waals surface area contributed by atoms with Crippen LogP contribution in [0.25, 0.3) is 0 Å². The maximum Gasteiger partial charge on any atom is 0.167 e. The van der Waals surface area contributed by atoms with Gasteiger partial charge in [0.2, 0.25) is 0 Å². The Morgan fingerprint density at radius 1 is 1.56 bits per heavy atom. The molecule has 96 valence electrons. The molecule has 1 saturated heterocycles. The maximum absolute atomic E-state index is 9.09. The molecular formula is C12H16N4OS. The molecule has 0 bridgehead atoms. The lowest BCUT2D eigenvalue weighted by Gasteiger charge is -2.28. The van der Waals surface area contributed by atoms with Gasteiger partial charge in [0.15, 0.2) is 11.0 Å². The fraction of sp³-hybridized carbons (Fsp3) is 0.583. The highest BCUT2D eigenvalue weighted by molar-refractivity contribution is 8.14. The van der Waals surface area contributed by atoms with Crippen LogP contribution >= 0.6 is 11.8 Å². The van der Waals surface area contributed by atoms with Gasteiger partial charge >= 0.3 is 0 Å². The molecule has 1 aromatic heterocycles. The standard InChI is InChI=1S/C12H16N4OS/c1-7-10(3-4-17)18-12-15-11-9(6-16(7)12)5-13-8(2)14-11/h5,7,10,17H,3-4,6H2,1-2H3. The van der Waals surface area contributed by atoms with Gasteiger partial charge in [-0.1, -0.05) is 11.8 Å². The molecule has 2 unspecified atom stereocenters. The first-order valence-electron chi connectivity index (χ1n) is 6.14. The van der Waals surface area contributed by atoms with Crippen molar-refractivity contribution in [1.29, 1.82) is 0 Å². The number of thioether (sulfide) groups is 1. The second kappa shape index (κ2) is 4.51. The summed E-state index contributed by atoms with van der Waals surface area (Å²) in [5.74, 6) is 1.56. The van der Waals surface area contributed by atoms with Gasteiger partial charge in [0, 0.05) is 29.7 Å². The fourth-order valence-corrected chi connectivity index (χ4v) is 3.71. The van der Waals surface area contributed by atoms with Crippen molar-refractivity contribution < 1.29 is 5.11 Å². The number of hydrogen-bond acceptors (Lipinski definition) is 6. The summed E-state index contributed by atoms with van der Waals surface area (Å²) in [6, 6.07) is 0.398. The summed E-state index contributed by atoms with van der Waals surface area (Å²) in [7, 11) is 0. The summed E-state index contributed by atoms with van der Waals surface area (Å²) in [4.78, 5) is 15.5. The van der Waals surface area contributed by atoms with Crippen LogP contribution in [0.1, 0.15) is 24.7 Å². The molecular weight excluding hydrogens is 248 g/mol. The van der Waals surface area contributed by atoms with E-state index in [0.717, 1.165) is 35.3 Å². The molecule has 0 aliphatic carbocycles. The van der Waals surface area contributed by atoms with Crippen LogP contribution in [0, 0.1) is 6.92 Å². The van der Waals surface area contributed by atoms with Crippen molar-refractivity contribution in [2.75, 3.05) is 6.61 Å². The number of aryl methyl sites for hydroxylation is 1. The number of amidine groups is 1. The number of fused-ring (bicyclic) bond motifs is 2. The molecule has 1 N–H and O–H groups in total. The molecule has 3 rings (SSSR count). The van der Waals surface area contributed by atoms with E-state index in [9.17, 15) is 0 Å². The van der Waals surface area contributed by atoms with Crippen molar-refractivity contribution in [2.24, 2.45) is 4.99 Å². The molecule has 1 fully saturated rings. The summed E-state index contributed by atoms with van der Waals surface area (Å²) in [6.45, 7) is 5.13. The molecule has 2 aliphatic rings. The highest BCUT2D eigenvalue weighted by atomic mass is 32.2. The van der Waals surface area contributed by atoms with Gasteiger partial charge in [0.1, 0.15) is 5.82 Å². The number of nitrogens with zero attached hydrogens (tertiary/aromatic N) is 4. The van der Waals surface area contributed by atoms with E-state index in [1.54, 1.807) is 11.8 Å². The first kappa shape index (κ1) is 11.9. The molecule has 0 spiro atoms. The van der Waals surface area contributed by atoms with Crippen LogP contribution in [0.4, 0.5) is 5.82 Å². The van der Waals surface area contributed by atoms with Crippen molar-refractivity contribution in [3.05, 3.63) is 17.6 Å². The van der Waals surface area contributed by atoms with Crippen LogP contribution in [0.2, 0.25) is 0 Å². The summed E-state index contributed by atoms with van der Waals surface area (Å²) in [5, 5.41) is 10.5. The van der Waals surface area contributed by atoms with Gasteiger partial charge in [-0.3, -0.25) is 0 Å². The summed E-state index contributed by atoms with van der Waals surface area (Å²) >= 11 is 1.75. The van der Waals surface area contributed by atoms with Crippen molar-refractivity contribution in [1.82, 2.24) is 14.9 Å². The van der Waals surface area contributed by atoms with E-state index < -0.39 is 0 Å². The van der Waals surface area contributed by atoms with E-state index in [4.69, 9.17) is 5.11 Å². The van der Waals surface area contributed by atoms with Crippen molar-refractivity contribution >= 4 is 22.7 Å². The molecule has 3 heterocycles. The minimum absolute atomic E-state index is 0.231. The first-order chi connectivity index (χ1) is 8.69. The van der Waals surface area contributed by atoms with E-state index >= 15 is 0 Å². The van der Waals surface area contributed by atoms with Crippen molar-refractivity contribution in [2.45, 2.75) is 38.1 Å². The van der Waals surface area contributed by atoms with Crippen LogP contribution in [0.5, 0.6) is 0 Å². The first-order valence-corrected chi connectivity index (χ1v) is 7.02. The van der Waals surface area contributed by atoms with Crippen LogP contribution in [-0.2, 0) is 6.54 Å². The van der Waals surface area contributed by atoms with Gasteiger partial charge in [-0.2, -0.15) is 0 Å². The predicted molar refractivity (Wildman–Crippen MR) is 72.0 cm³/mol. The van der Waals surface area contributed by atoms with Crippen LogP contribution in [-0.4, -0.2) is 43.0 Å². The van der Waals surface area contributed by atoms with Crippen molar-refractivity contribution in [3.8, 4) is 0 Å². The number of rotatable bonds is 2. The Morgan fingerprint density at radius 3 is 3.17 bits per heavy atom. The fourth-order valence-electron chi connectivity index (χ4n) is 2.37. The third-order valence-electron chi connectivity index (χ3n) is 3.45. The Balaban J connectivity index is 1.92. The zero-order chi connectivity index (χ0) is 12.7. The summed E-state index contributed by atoms with van der Waals surface area (Å²) in [5.41, 5.74) is 1.08. The third-order valence-corrected chi connectivity index (χ3v) is 4.92. The average Bonchev–Trinajstić information content (AvgIpc) is 2.64. The highest BCUT2D eigenvalue weighted by Crippen LogP contribution is 2.39. The quantitative estimate of drug-likeness (QED) is 0.876. The second-order valence-electron chi connectivity index (χ2n) is 4.70. The molecule has 18 heavy (non-hydrogen) atoms. The molecule has 1 aromatic rings. The predicted octanol–water partition coefficient (Wildman–Crippen LogP) is 1.47. The van der Waals surface area contributed by atoms with E-state index in [1.807, 2.05) is 13.1 Å². The minimum Gasteiger partial charge on any atom is -0.396 e. The molecule has 6 heteroatoms. The molecule has 0 radical (unpaired) electrons. The Bertz CT molecular complexity index is 505. The molecule has 0 saturated carbocycles. The minimum atomic E-state index is 0.231. The maximum atomic E-state index is 9.09. The van der Waals surface area contributed by atoms with Gasteiger partial charge in [0.25, 0.3) is 0 Å². The number of aliphatic hydroxyl groups is 1. The van der Waals surface area contributed by atoms with E-state index in [2.05, 4.69) is 26.8 Å². The number of aromatic nitrogens is 2. The van der Waals surface area contributed by atoms with Gasteiger partial charge in [0.05, 0.1) is 6.54 Å². The average molecular weight is 264 g/mol. The van der Waals surface area contributed by atoms with Gasteiger partial charge in [-0.05, 0) is 20.3 Å².